The Morgan fingerprint density at radius 1 is 0.826 bits per heavy atom. The molecule has 0 fully saturated rings. The van der Waals surface area contributed by atoms with Gasteiger partial charge in [0.25, 0.3) is 0 Å². The maximum Gasteiger partial charge on any atom is 0.119 e. The van der Waals surface area contributed by atoms with Gasteiger partial charge in [0.1, 0.15) is 12.4 Å². The summed E-state index contributed by atoms with van der Waals surface area (Å²) < 4.78 is 11.2. The van der Waals surface area contributed by atoms with E-state index in [1.807, 2.05) is 48.5 Å². The van der Waals surface area contributed by atoms with Crippen LogP contribution in [0.15, 0.2) is 48.5 Å². The predicted molar refractivity (Wildman–Crippen MR) is 92.4 cm³/mol. The molecule has 0 unspecified atom stereocenters. The van der Waals surface area contributed by atoms with E-state index in [1.54, 1.807) is 0 Å². The number of ether oxygens (including phenoxy) is 2. The molecule has 2 aromatic rings. The maximum absolute atomic E-state index is 8.82. The van der Waals surface area contributed by atoms with Crippen LogP contribution in [0.25, 0.3) is 11.1 Å². The van der Waals surface area contributed by atoms with Crippen LogP contribution in [0.4, 0.5) is 0 Å². The summed E-state index contributed by atoms with van der Waals surface area (Å²) in [7, 11) is 0. The highest BCUT2D eigenvalue weighted by molar-refractivity contribution is 5.64. The molecule has 0 N–H and O–H groups in total. The van der Waals surface area contributed by atoms with Crippen molar-refractivity contribution < 1.29 is 9.47 Å². The number of hydrogen-bond acceptors (Lipinski definition) is 3. The smallest absolute Gasteiger partial charge is 0.119 e. The number of nitrogens with zero attached hydrogens (tertiary/aromatic N) is 1. The van der Waals surface area contributed by atoms with Gasteiger partial charge in [-0.25, -0.2) is 0 Å². The molecule has 0 amide bonds. The lowest BCUT2D eigenvalue weighted by molar-refractivity contribution is 0.0973. The number of rotatable bonds is 9. The van der Waals surface area contributed by atoms with Crippen LogP contribution in [0.3, 0.4) is 0 Å². The van der Waals surface area contributed by atoms with Gasteiger partial charge in [-0.2, -0.15) is 5.26 Å². The molecule has 0 heterocycles. The Labute approximate surface area is 138 Å². The number of hydrogen-bond donors (Lipinski definition) is 0. The molecule has 0 aromatic heterocycles. The van der Waals surface area contributed by atoms with E-state index < -0.39 is 0 Å². The molecule has 2 rings (SSSR count). The van der Waals surface area contributed by atoms with E-state index in [-0.39, 0.29) is 0 Å². The minimum Gasteiger partial charge on any atom is -0.491 e. The summed E-state index contributed by atoms with van der Waals surface area (Å²) in [5.74, 6) is 0.847. The van der Waals surface area contributed by atoms with E-state index in [0.29, 0.717) is 18.8 Å². The van der Waals surface area contributed by atoms with Gasteiger partial charge in [-0.3, -0.25) is 0 Å². The van der Waals surface area contributed by atoms with E-state index in [0.717, 1.165) is 29.9 Å². The Kier molecular flexibility index (Phi) is 7.16. The zero-order valence-corrected chi connectivity index (χ0v) is 13.6. The van der Waals surface area contributed by atoms with Gasteiger partial charge in [-0.05, 0) is 41.8 Å². The van der Waals surface area contributed by atoms with Crippen LogP contribution in [-0.2, 0) is 4.74 Å². The first kappa shape index (κ1) is 17.1. The molecule has 120 valence electrons. The fourth-order valence-electron chi connectivity index (χ4n) is 2.26. The van der Waals surface area contributed by atoms with Crippen molar-refractivity contribution in [3.63, 3.8) is 0 Å². The maximum atomic E-state index is 8.82. The van der Waals surface area contributed by atoms with Crippen molar-refractivity contribution in [3.05, 3.63) is 54.1 Å². The molecular formula is C20H23NO2. The minimum absolute atomic E-state index is 0.572. The van der Waals surface area contributed by atoms with Gasteiger partial charge < -0.3 is 9.47 Å². The first-order valence-electron chi connectivity index (χ1n) is 8.14. The second kappa shape index (κ2) is 9.66. The molecule has 3 heteroatoms. The summed E-state index contributed by atoms with van der Waals surface area (Å²) in [6.07, 6.45) is 3.55. The van der Waals surface area contributed by atoms with Crippen molar-refractivity contribution in [2.24, 2.45) is 0 Å². The van der Waals surface area contributed by atoms with Crippen molar-refractivity contribution >= 4 is 0 Å². The van der Waals surface area contributed by atoms with Crippen molar-refractivity contribution in [1.82, 2.24) is 0 Å². The molecule has 0 atom stereocenters. The van der Waals surface area contributed by atoms with Crippen molar-refractivity contribution in [2.45, 2.75) is 26.2 Å². The monoisotopic (exact) mass is 309 g/mol. The van der Waals surface area contributed by atoms with Gasteiger partial charge in [-0.1, -0.05) is 44.0 Å². The van der Waals surface area contributed by atoms with Crippen LogP contribution in [0, 0.1) is 11.3 Å². The van der Waals surface area contributed by atoms with Crippen molar-refractivity contribution in [2.75, 3.05) is 19.8 Å². The van der Waals surface area contributed by atoms with Gasteiger partial charge in [0.2, 0.25) is 0 Å². The Balaban J connectivity index is 1.77. The third kappa shape index (κ3) is 5.77. The lowest BCUT2D eigenvalue weighted by Crippen LogP contribution is -2.07. The SMILES string of the molecule is CCCCCOCCOc1ccc(-c2ccc(C#N)cc2)cc1. The summed E-state index contributed by atoms with van der Waals surface area (Å²) in [5, 5.41) is 8.82. The lowest BCUT2D eigenvalue weighted by atomic mass is 10.0. The Bertz CT molecular complexity index is 612. The van der Waals surface area contributed by atoms with Crippen LogP contribution in [-0.4, -0.2) is 19.8 Å². The van der Waals surface area contributed by atoms with Gasteiger partial charge in [0.15, 0.2) is 0 Å². The van der Waals surface area contributed by atoms with Crippen LogP contribution >= 0.6 is 0 Å². The predicted octanol–water partition coefficient (Wildman–Crippen LogP) is 4.81. The molecule has 0 radical (unpaired) electrons. The second-order valence-electron chi connectivity index (χ2n) is 5.38. The summed E-state index contributed by atoms with van der Waals surface area (Å²) in [6, 6.07) is 17.7. The molecule has 0 saturated heterocycles. The first-order valence-corrected chi connectivity index (χ1v) is 8.14. The molecule has 0 spiro atoms. The van der Waals surface area contributed by atoms with Crippen LogP contribution < -0.4 is 4.74 Å². The molecule has 0 aliphatic rings. The van der Waals surface area contributed by atoms with Crippen molar-refractivity contribution in [3.8, 4) is 22.9 Å². The summed E-state index contributed by atoms with van der Waals surface area (Å²) in [6.45, 7) is 4.20. The van der Waals surface area contributed by atoms with Gasteiger partial charge in [0, 0.05) is 6.61 Å². The van der Waals surface area contributed by atoms with Crippen LogP contribution in [0.1, 0.15) is 31.7 Å². The van der Waals surface area contributed by atoms with E-state index in [4.69, 9.17) is 14.7 Å². The van der Waals surface area contributed by atoms with Gasteiger partial charge in [0.05, 0.1) is 18.2 Å². The lowest BCUT2D eigenvalue weighted by Gasteiger charge is -2.08. The van der Waals surface area contributed by atoms with E-state index in [1.165, 1.54) is 12.8 Å². The summed E-state index contributed by atoms with van der Waals surface area (Å²) in [5.41, 5.74) is 2.88. The van der Waals surface area contributed by atoms with Gasteiger partial charge in [-0.15, -0.1) is 0 Å². The fourth-order valence-corrected chi connectivity index (χ4v) is 2.26. The van der Waals surface area contributed by atoms with E-state index in [9.17, 15) is 0 Å². The third-order valence-electron chi connectivity index (χ3n) is 3.59. The normalized spacial score (nSPS) is 10.3. The number of benzene rings is 2. The molecule has 0 saturated carbocycles. The molecule has 23 heavy (non-hydrogen) atoms. The highest BCUT2D eigenvalue weighted by atomic mass is 16.5. The zero-order chi connectivity index (χ0) is 16.3. The highest BCUT2D eigenvalue weighted by Gasteiger charge is 2.00. The Hall–Kier alpha value is -2.31. The standard InChI is InChI=1S/C20H23NO2/c1-2-3-4-13-22-14-15-23-20-11-9-19(10-12-20)18-7-5-17(16-21)6-8-18/h5-12H,2-4,13-15H2,1H3. The fraction of sp³-hybridized carbons (Fsp3) is 0.350. The molecular weight excluding hydrogens is 286 g/mol. The average Bonchev–Trinajstić information content (AvgIpc) is 2.61. The molecule has 2 aromatic carbocycles. The van der Waals surface area contributed by atoms with E-state index in [2.05, 4.69) is 13.0 Å². The molecule has 0 bridgehead atoms. The van der Waals surface area contributed by atoms with Crippen LogP contribution in [0.5, 0.6) is 5.75 Å². The summed E-state index contributed by atoms with van der Waals surface area (Å²) in [4.78, 5) is 0. The van der Waals surface area contributed by atoms with E-state index >= 15 is 0 Å². The minimum atomic E-state index is 0.572. The molecule has 3 nitrogen and oxygen atoms in total. The Morgan fingerprint density at radius 3 is 2.09 bits per heavy atom. The van der Waals surface area contributed by atoms with Gasteiger partial charge >= 0.3 is 0 Å². The Morgan fingerprint density at radius 2 is 1.48 bits per heavy atom. The topological polar surface area (TPSA) is 42.2 Å². The second-order valence-corrected chi connectivity index (χ2v) is 5.38. The molecule has 0 aliphatic carbocycles. The van der Waals surface area contributed by atoms with Crippen molar-refractivity contribution in [1.29, 1.82) is 5.26 Å². The molecule has 0 aliphatic heterocycles. The number of unbranched alkanes of at least 4 members (excludes halogenated alkanes) is 2. The number of nitriles is 1. The average molecular weight is 309 g/mol. The zero-order valence-electron chi connectivity index (χ0n) is 13.6. The quantitative estimate of drug-likeness (QED) is 0.624. The van der Waals surface area contributed by atoms with Crippen LogP contribution in [0.2, 0.25) is 0 Å². The largest absolute Gasteiger partial charge is 0.491 e. The third-order valence-corrected chi connectivity index (χ3v) is 3.59. The summed E-state index contributed by atoms with van der Waals surface area (Å²) >= 11 is 0. The highest BCUT2D eigenvalue weighted by Crippen LogP contribution is 2.22. The first-order chi connectivity index (χ1) is 11.3.